The van der Waals surface area contributed by atoms with Crippen LogP contribution in [0.3, 0.4) is 0 Å². The van der Waals surface area contributed by atoms with E-state index in [9.17, 15) is 0 Å². The Kier molecular flexibility index (Phi) is 5.38. The van der Waals surface area contributed by atoms with Gasteiger partial charge < -0.3 is 15.2 Å². The number of nitrogens with one attached hydrogen (secondary N) is 1. The molecule has 0 spiro atoms. The zero-order valence-corrected chi connectivity index (χ0v) is 11.5. The summed E-state index contributed by atoms with van der Waals surface area (Å²) >= 11 is 0. The Balaban J connectivity index is 2.38. The molecule has 0 saturated heterocycles. The number of ether oxygens (including phenoxy) is 1. The first-order valence-electron chi connectivity index (χ1n) is 6.15. The Bertz CT molecular complexity index is 394. The predicted octanol–water partition coefficient (Wildman–Crippen LogP) is 2.50. The molecule has 2 N–H and O–H groups in total. The van der Waals surface area contributed by atoms with Crippen LogP contribution in [0, 0.1) is 0 Å². The van der Waals surface area contributed by atoms with E-state index in [2.05, 4.69) is 32.7 Å². The van der Waals surface area contributed by atoms with E-state index in [-0.39, 0.29) is 12.1 Å². The summed E-state index contributed by atoms with van der Waals surface area (Å²) in [6.07, 6.45) is 0. The van der Waals surface area contributed by atoms with E-state index in [1.165, 1.54) is 0 Å². The highest BCUT2D eigenvalue weighted by Gasteiger charge is 2.08. The highest BCUT2D eigenvalue weighted by molar-refractivity contribution is 5.28. The van der Waals surface area contributed by atoms with Crippen molar-refractivity contribution in [2.75, 3.05) is 13.2 Å². The van der Waals surface area contributed by atoms with Gasteiger partial charge in [-0.05, 0) is 44.0 Å². The minimum atomic E-state index is 0.0315. The van der Waals surface area contributed by atoms with Crippen molar-refractivity contribution >= 4 is 0 Å². The number of hydrogen-bond acceptors (Lipinski definition) is 3. The van der Waals surface area contributed by atoms with Crippen molar-refractivity contribution in [1.82, 2.24) is 5.32 Å². The maximum absolute atomic E-state index is 9.03. The summed E-state index contributed by atoms with van der Waals surface area (Å²) < 4.78 is 5.62. The molecule has 0 amide bonds. The van der Waals surface area contributed by atoms with Crippen LogP contribution in [0.15, 0.2) is 36.4 Å². The number of aliphatic hydroxyl groups is 1. The normalized spacial score (nSPS) is 11.3. The second-order valence-electron chi connectivity index (χ2n) is 5.45. The van der Waals surface area contributed by atoms with Crippen molar-refractivity contribution in [3.8, 4) is 5.75 Å². The Morgan fingerprint density at radius 2 is 2.11 bits per heavy atom. The second-order valence-corrected chi connectivity index (χ2v) is 5.45. The van der Waals surface area contributed by atoms with Gasteiger partial charge in [0.25, 0.3) is 0 Å². The third-order valence-electron chi connectivity index (χ3n) is 2.39. The summed E-state index contributed by atoms with van der Waals surface area (Å²) in [5.41, 5.74) is 1.94. The zero-order valence-electron chi connectivity index (χ0n) is 11.5. The van der Waals surface area contributed by atoms with Crippen molar-refractivity contribution in [3.63, 3.8) is 0 Å². The molecule has 1 aromatic rings. The van der Waals surface area contributed by atoms with Crippen LogP contribution in [0.1, 0.15) is 26.3 Å². The fraction of sp³-hybridized carbons (Fsp3) is 0.467. The summed E-state index contributed by atoms with van der Waals surface area (Å²) in [7, 11) is 0. The van der Waals surface area contributed by atoms with Crippen LogP contribution >= 0.6 is 0 Å². The van der Waals surface area contributed by atoms with Gasteiger partial charge in [-0.15, -0.1) is 0 Å². The van der Waals surface area contributed by atoms with Gasteiger partial charge in [0.1, 0.15) is 12.4 Å². The minimum Gasteiger partial charge on any atom is -0.489 e. The average molecular weight is 249 g/mol. The molecule has 0 aliphatic rings. The van der Waals surface area contributed by atoms with Crippen molar-refractivity contribution in [1.29, 1.82) is 0 Å². The van der Waals surface area contributed by atoms with Crippen molar-refractivity contribution in [2.45, 2.75) is 32.9 Å². The van der Waals surface area contributed by atoms with Crippen molar-refractivity contribution in [3.05, 3.63) is 42.0 Å². The Morgan fingerprint density at radius 1 is 1.39 bits per heavy atom. The monoisotopic (exact) mass is 249 g/mol. The first-order chi connectivity index (χ1) is 8.40. The van der Waals surface area contributed by atoms with Crippen molar-refractivity contribution < 1.29 is 9.84 Å². The predicted molar refractivity (Wildman–Crippen MR) is 74.8 cm³/mol. The lowest BCUT2D eigenvalue weighted by molar-refractivity contribution is 0.280. The molecule has 0 atom stereocenters. The minimum absolute atomic E-state index is 0.0315. The number of hydrogen-bond donors (Lipinski definition) is 2. The topological polar surface area (TPSA) is 41.5 Å². The van der Waals surface area contributed by atoms with E-state index in [4.69, 9.17) is 9.84 Å². The van der Waals surface area contributed by atoms with E-state index in [1.54, 1.807) is 0 Å². The Morgan fingerprint density at radius 3 is 2.72 bits per heavy atom. The van der Waals surface area contributed by atoms with Gasteiger partial charge in [-0.3, -0.25) is 0 Å². The van der Waals surface area contributed by atoms with Gasteiger partial charge in [-0.1, -0.05) is 18.7 Å². The number of rotatable bonds is 6. The Hall–Kier alpha value is -1.32. The number of benzene rings is 1. The third kappa shape index (κ3) is 5.84. The lowest BCUT2D eigenvalue weighted by Crippen LogP contribution is -2.37. The lowest BCUT2D eigenvalue weighted by Gasteiger charge is -2.21. The van der Waals surface area contributed by atoms with Crippen LogP contribution in [0.5, 0.6) is 5.75 Å². The maximum Gasteiger partial charge on any atom is 0.120 e. The molecular formula is C15H23NO2. The molecule has 100 valence electrons. The van der Waals surface area contributed by atoms with Crippen LogP contribution in [0.4, 0.5) is 0 Å². The molecule has 0 fully saturated rings. The Labute approximate surface area is 109 Å². The molecule has 3 nitrogen and oxygen atoms in total. The summed E-state index contributed by atoms with van der Waals surface area (Å²) in [6.45, 7) is 11.6. The molecule has 18 heavy (non-hydrogen) atoms. The number of aliphatic hydroxyl groups excluding tert-OH is 1. The summed E-state index contributed by atoms with van der Waals surface area (Å²) in [6, 6.07) is 7.45. The highest BCUT2D eigenvalue weighted by atomic mass is 16.5. The van der Waals surface area contributed by atoms with Crippen LogP contribution in [0.2, 0.25) is 0 Å². The van der Waals surface area contributed by atoms with Gasteiger partial charge in [0.15, 0.2) is 0 Å². The lowest BCUT2D eigenvalue weighted by atomic mass is 10.1. The van der Waals surface area contributed by atoms with Gasteiger partial charge in [0, 0.05) is 12.1 Å². The molecule has 0 aliphatic carbocycles. The average Bonchev–Trinajstić information content (AvgIpc) is 2.33. The first-order valence-corrected chi connectivity index (χ1v) is 6.15. The second kappa shape index (κ2) is 6.57. The van der Waals surface area contributed by atoms with Crippen LogP contribution < -0.4 is 10.1 Å². The van der Waals surface area contributed by atoms with Gasteiger partial charge in [0.05, 0.1) is 6.61 Å². The molecule has 0 aliphatic heterocycles. The van der Waals surface area contributed by atoms with E-state index < -0.39 is 0 Å². The van der Waals surface area contributed by atoms with Crippen LogP contribution in [-0.4, -0.2) is 23.8 Å². The molecule has 1 rings (SSSR count). The highest BCUT2D eigenvalue weighted by Crippen LogP contribution is 2.14. The maximum atomic E-state index is 9.03. The van der Waals surface area contributed by atoms with E-state index in [1.807, 2.05) is 24.3 Å². The molecule has 0 radical (unpaired) electrons. The summed E-state index contributed by atoms with van der Waals surface area (Å²) in [4.78, 5) is 0. The van der Waals surface area contributed by atoms with Gasteiger partial charge in [-0.25, -0.2) is 0 Å². The fourth-order valence-corrected chi connectivity index (χ4v) is 1.36. The molecule has 0 unspecified atom stereocenters. The molecule has 3 heteroatoms. The summed E-state index contributed by atoms with van der Waals surface area (Å²) in [5, 5.41) is 12.4. The molecule has 0 aromatic heterocycles. The van der Waals surface area contributed by atoms with Gasteiger partial charge >= 0.3 is 0 Å². The van der Waals surface area contributed by atoms with E-state index >= 15 is 0 Å². The first kappa shape index (κ1) is 14.7. The molecule has 0 saturated carbocycles. The van der Waals surface area contributed by atoms with E-state index in [0.29, 0.717) is 6.61 Å². The van der Waals surface area contributed by atoms with Gasteiger partial charge in [0.2, 0.25) is 0 Å². The zero-order chi connectivity index (χ0) is 13.6. The van der Waals surface area contributed by atoms with Crippen molar-refractivity contribution in [2.24, 2.45) is 0 Å². The quantitative estimate of drug-likeness (QED) is 0.761. The molecule has 0 bridgehead atoms. The largest absolute Gasteiger partial charge is 0.489 e. The third-order valence-corrected chi connectivity index (χ3v) is 2.39. The molecular weight excluding hydrogens is 226 g/mol. The van der Waals surface area contributed by atoms with Gasteiger partial charge in [-0.2, -0.15) is 0 Å². The SMILES string of the molecule is C=C(CNC(C)(C)C)COc1cccc(CO)c1. The van der Waals surface area contributed by atoms with Crippen LogP contribution in [-0.2, 0) is 6.61 Å². The molecule has 0 heterocycles. The van der Waals surface area contributed by atoms with E-state index in [0.717, 1.165) is 23.4 Å². The standard InChI is InChI=1S/C15H23NO2/c1-12(9-16-15(2,3)4)11-18-14-7-5-6-13(8-14)10-17/h5-8,16-17H,1,9-11H2,2-4H3. The smallest absolute Gasteiger partial charge is 0.120 e. The van der Waals surface area contributed by atoms with Crippen LogP contribution in [0.25, 0.3) is 0 Å². The summed E-state index contributed by atoms with van der Waals surface area (Å²) in [5.74, 6) is 0.762. The fourth-order valence-electron chi connectivity index (χ4n) is 1.36. The molecule has 1 aromatic carbocycles.